The van der Waals surface area contributed by atoms with Gasteiger partial charge in [-0.2, -0.15) is 13.2 Å². The van der Waals surface area contributed by atoms with E-state index in [1.54, 1.807) is 0 Å². The number of hydrogen-bond acceptors (Lipinski definition) is 6. The second kappa shape index (κ2) is 10.0. The van der Waals surface area contributed by atoms with Crippen LogP contribution in [-0.4, -0.2) is 48.7 Å². The third kappa shape index (κ3) is 5.46. The van der Waals surface area contributed by atoms with Crippen molar-refractivity contribution < 1.29 is 50.5 Å². The van der Waals surface area contributed by atoms with Crippen LogP contribution in [0.5, 0.6) is 11.5 Å². The fourth-order valence-corrected chi connectivity index (χ4v) is 3.31. The molecule has 1 heterocycles. The molecule has 0 aromatic heterocycles. The van der Waals surface area contributed by atoms with Gasteiger partial charge in [-0.25, -0.2) is 18.0 Å². The summed E-state index contributed by atoms with van der Waals surface area (Å²) in [7, 11) is 1.05. The van der Waals surface area contributed by atoms with Crippen LogP contribution in [0, 0.1) is 17.5 Å². The van der Waals surface area contributed by atoms with E-state index in [2.05, 4.69) is 10.1 Å². The highest BCUT2D eigenvalue weighted by atomic mass is 35.5. The smallest absolute Gasteiger partial charge is 0.416 e. The zero-order valence-corrected chi connectivity index (χ0v) is 18.4. The number of nitrogens with zero attached hydrogens (tertiary/aromatic N) is 1. The van der Waals surface area contributed by atoms with Gasteiger partial charge in [0.25, 0.3) is 5.91 Å². The fourth-order valence-electron chi connectivity index (χ4n) is 3.12. The van der Waals surface area contributed by atoms with Gasteiger partial charge in [0, 0.05) is 12.6 Å². The Kier molecular flexibility index (Phi) is 7.50. The normalized spacial score (nSPS) is 14.0. The molecular weight excluding hydrogens is 510 g/mol. The number of β-amino-alcohol motifs (C(OH)–C–C–N with tert-alkyl or cyclic N) is 1. The molecule has 188 valence electrons. The van der Waals surface area contributed by atoms with E-state index in [0.29, 0.717) is 6.07 Å². The lowest BCUT2D eigenvalue weighted by molar-refractivity contribution is -0.138. The number of rotatable bonds is 7. The Morgan fingerprint density at radius 1 is 1.14 bits per heavy atom. The quantitative estimate of drug-likeness (QED) is 0.416. The number of nitrogens with one attached hydrogen (secondary N) is 1. The number of amides is 1. The Balaban J connectivity index is 1.98. The largest absolute Gasteiger partial charge is 0.466 e. The molecule has 1 aliphatic rings. The van der Waals surface area contributed by atoms with Gasteiger partial charge in [-0.05, 0) is 18.2 Å². The number of halogens is 7. The van der Waals surface area contributed by atoms with E-state index < -0.39 is 75.6 Å². The van der Waals surface area contributed by atoms with Crippen LogP contribution < -0.4 is 10.1 Å². The van der Waals surface area contributed by atoms with Crippen LogP contribution in [0.1, 0.15) is 5.56 Å². The zero-order valence-electron chi connectivity index (χ0n) is 17.6. The number of aliphatic hydroxyl groups is 1. The molecule has 35 heavy (non-hydrogen) atoms. The van der Waals surface area contributed by atoms with E-state index >= 15 is 0 Å². The topological polar surface area (TPSA) is 88.1 Å². The van der Waals surface area contributed by atoms with Crippen molar-refractivity contribution in [2.75, 3.05) is 32.1 Å². The van der Waals surface area contributed by atoms with Gasteiger partial charge >= 0.3 is 12.1 Å². The molecule has 0 radical (unpaired) electrons. The Morgan fingerprint density at radius 2 is 1.77 bits per heavy atom. The second-order valence-corrected chi connectivity index (χ2v) is 7.46. The van der Waals surface area contributed by atoms with Crippen molar-refractivity contribution in [2.45, 2.75) is 6.18 Å². The maximum Gasteiger partial charge on any atom is 0.416 e. The van der Waals surface area contributed by atoms with Crippen molar-refractivity contribution in [1.82, 2.24) is 4.90 Å². The Morgan fingerprint density at radius 3 is 2.31 bits per heavy atom. The Hall–Kier alpha value is -3.45. The monoisotopic (exact) mass is 524 g/mol. The van der Waals surface area contributed by atoms with Crippen LogP contribution in [0.2, 0.25) is 5.02 Å². The summed E-state index contributed by atoms with van der Waals surface area (Å²) in [5.41, 5.74) is -2.71. The molecule has 0 fully saturated rings. The number of alkyl halides is 3. The molecule has 2 N–H and O–H groups in total. The van der Waals surface area contributed by atoms with Crippen molar-refractivity contribution in [3.05, 3.63) is 63.6 Å². The predicted molar refractivity (Wildman–Crippen MR) is 109 cm³/mol. The Bertz CT molecular complexity index is 1190. The molecule has 0 unspecified atom stereocenters. The molecule has 1 aliphatic heterocycles. The molecule has 3 rings (SSSR count). The highest BCUT2D eigenvalue weighted by Crippen LogP contribution is 2.39. The SMILES string of the molecule is COC(=O)C1=C(Nc2cc(Oc3c(F)cc(C(F)(F)F)cc3F)c(Cl)cc2F)C(=O)N(CCO)C1. The summed E-state index contributed by atoms with van der Waals surface area (Å²) in [4.78, 5) is 25.7. The molecule has 0 spiro atoms. The first kappa shape index (κ1) is 26.2. The molecule has 1 amide bonds. The van der Waals surface area contributed by atoms with Gasteiger partial charge in [-0.3, -0.25) is 4.79 Å². The van der Waals surface area contributed by atoms with Gasteiger partial charge in [0.15, 0.2) is 17.4 Å². The van der Waals surface area contributed by atoms with E-state index in [1.165, 1.54) is 0 Å². The van der Waals surface area contributed by atoms with Crippen molar-refractivity contribution in [3.63, 3.8) is 0 Å². The molecule has 14 heteroatoms. The molecular formula is C21H15ClF6N2O5. The molecule has 0 saturated carbocycles. The molecule has 2 aromatic carbocycles. The highest BCUT2D eigenvalue weighted by Gasteiger charge is 2.35. The van der Waals surface area contributed by atoms with Crippen molar-refractivity contribution >= 4 is 29.2 Å². The summed E-state index contributed by atoms with van der Waals surface area (Å²) in [5.74, 6) is -7.98. The van der Waals surface area contributed by atoms with Crippen LogP contribution in [-0.2, 0) is 20.5 Å². The summed E-state index contributed by atoms with van der Waals surface area (Å²) in [6, 6.07) is 1.46. The van der Waals surface area contributed by atoms with Gasteiger partial charge in [0.2, 0.25) is 0 Å². The lowest BCUT2D eigenvalue weighted by Crippen LogP contribution is -2.31. The Labute approximate surface area is 198 Å². The number of carbonyl (C=O) groups excluding carboxylic acids is 2. The van der Waals surface area contributed by atoms with Gasteiger partial charge in [-0.15, -0.1) is 0 Å². The number of carbonyl (C=O) groups is 2. The van der Waals surface area contributed by atoms with E-state index in [9.17, 15) is 35.9 Å². The van der Waals surface area contributed by atoms with Crippen LogP contribution in [0.3, 0.4) is 0 Å². The van der Waals surface area contributed by atoms with Crippen LogP contribution in [0.25, 0.3) is 0 Å². The number of anilines is 1. The summed E-state index contributed by atoms with van der Waals surface area (Å²) in [5, 5.41) is 11.0. The predicted octanol–water partition coefficient (Wildman–Crippen LogP) is 4.24. The summed E-state index contributed by atoms with van der Waals surface area (Å²) in [6.07, 6.45) is -5.02. The van der Waals surface area contributed by atoms with Gasteiger partial charge in [0.1, 0.15) is 17.3 Å². The summed E-state index contributed by atoms with van der Waals surface area (Å²) in [6.45, 7) is -0.825. The molecule has 0 atom stereocenters. The molecule has 0 bridgehead atoms. The minimum absolute atomic E-state index is 0.00932. The van der Waals surface area contributed by atoms with Crippen molar-refractivity contribution in [2.24, 2.45) is 0 Å². The first-order valence-electron chi connectivity index (χ1n) is 9.59. The molecule has 0 saturated heterocycles. The first-order valence-corrected chi connectivity index (χ1v) is 9.96. The van der Waals surface area contributed by atoms with Gasteiger partial charge < -0.3 is 24.8 Å². The fraction of sp³-hybridized carbons (Fsp3) is 0.238. The number of methoxy groups -OCH3 is 1. The highest BCUT2D eigenvalue weighted by molar-refractivity contribution is 6.32. The average Bonchev–Trinajstić information content (AvgIpc) is 3.07. The lowest BCUT2D eigenvalue weighted by atomic mass is 10.2. The van der Waals surface area contributed by atoms with E-state index in [-0.39, 0.29) is 30.8 Å². The number of aliphatic hydroxyl groups excluding tert-OH is 1. The standard InChI is InChI=1S/C21H15ClF6N2O5/c1-34-20(33)10-8-30(2-3-31)19(32)17(10)29-15-7-16(11(22)6-12(15)23)35-18-13(24)4-9(5-14(18)25)21(26,27)28/h4-7,29,31H,2-3,8H2,1H3. The van der Waals surface area contributed by atoms with Crippen molar-refractivity contribution in [3.8, 4) is 11.5 Å². The van der Waals surface area contributed by atoms with Crippen LogP contribution >= 0.6 is 11.6 Å². The maximum absolute atomic E-state index is 14.6. The van der Waals surface area contributed by atoms with Crippen LogP contribution in [0.15, 0.2) is 35.5 Å². The lowest BCUT2D eigenvalue weighted by Gasteiger charge is -2.16. The zero-order chi connectivity index (χ0) is 26.1. The minimum atomic E-state index is -5.02. The van der Waals surface area contributed by atoms with Gasteiger partial charge in [-0.1, -0.05) is 11.6 Å². The summed E-state index contributed by atoms with van der Waals surface area (Å²) < 4.78 is 90.8. The third-order valence-corrected chi connectivity index (χ3v) is 5.07. The maximum atomic E-state index is 14.6. The molecule has 7 nitrogen and oxygen atoms in total. The van der Waals surface area contributed by atoms with Crippen LogP contribution in [0.4, 0.5) is 32.0 Å². The number of hydrogen-bond donors (Lipinski definition) is 2. The number of benzene rings is 2. The van der Waals surface area contributed by atoms with E-state index in [1.807, 2.05) is 0 Å². The molecule has 2 aromatic rings. The first-order chi connectivity index (χ1) is 16.4. The number of ether oxygens (including phenoxy) is 2. The summed E-state index contributed by atoms with van der Waals surface area (Å²) >= 11 is 5.86. The number of esters is 1. The molecule has 0 aliphatic carbocycles. The third-order valence-electron chi connectivity index (χ3n) is 4.77. The van der Waals surface area contributed by atoms with Gasteiger partial charge in [0.05, 0.1) is 42.1 Å². The minimum Gasteiger partial charge on any atom is -0.466 e. The second-order valence-electron chi connectivity index (χ2n) is 7.05. The van der Waals surface area contributed by atoms with E-state index in [0.717, 1.165) is 18.1 Å². The van der Waals surface area contributed by atoms with E-state index in [4.69, 9.17) is 21.4 Å². The average molecular weight is 525 g/mol. The van der Waals surface area contributed by atoms with Crippen molar-refractivity contribution in [1.29, 1.82) is 0 Å².